The number of anilines is 1. The van der Waals surface area contributed by atoms with Gasteiger partial charge in [0.1, 0.15) is 4.90 Å². The molecule has 21 heavy (non-hydrogen) atoms. The van der Waals surface area contributed by atoms with Gasteiger partial charge in [0, 0.05) is 25.5 Å². The average Bonchev–Trinajstić information content (AvgIpc) is 3.08. The SMILES string of the molecule is Cc1ccc(S(N)(=O)=O)c(N2CCC(n3cccn3)C2)c1. The highest BCUT2D eigenvalue weighted by atomic mass is 32.2. The number of aromatic nitrogens is 2. The van der Waals surface area contributed by atoms with Crippen LogP contribution in [0.15, 0.2) is 41.6 Å². The highest BCUT2D eigenvalue weighted by molar-refractivity contribution is 7.89. The van der Waals surface area contributed by atoms with E-state index in [1.807, 2.05) is 29.9 Å². The molecule has 0 amide bonds. The van der Waals surface area contributed by atoms with E-state index < -0.39 is 10.0 Å². The molecule has 2 heterocycles. The molecule has 1 aliphatic heterocycles. The fourth-order valence-electron chi connectivity index (χ4n) is 2.79. The largest absolute Gasteiger partial charge is 0.368 e. The van der Waals surface area contributed by atoms with Gasteiger partial charge in [0.15, 0.2) is 0 Å². The minimum absolute atomic E-state index is 0.189. The summed E-state index contributed by atoms with van der Waals surface area (Å²) in [5, 5.41) is 9.59. The van der Waals surface area contributed by atoms with E-state index in [-0.39, 0.29) is 10.9 Å². The Kier molecular flexibility index (Phi) is 3.46. The molecule has 0 radical (unpaired) electrons. The Hall–Kier alpha value is -1.86. The van der Waals surface area contributed by atoms with Gasteiger partial charge >= 0.3 is 0 Å². The highest BCUT2D eigenvalue weighted by Crippen LogP contribution is 2.31. The fraction of sp³-hybridized carbons (Fsp3) is 0.357. The van der Waals surface area contributed by atoms with E-state index >= 15 is 0 Å². The van der Waals surface area contributed by atoms with E-state index in [0.29, 0.717) is 5.69 Å². The summed E-state index contributed by atoms with van der Waals surface area (Å²) in [4.78, 5) is 2.26. The lowest BCUT2D eigenvalue weighted by atomic mass is 10.2. The van der Waals surface area contributed by atoms with Gasteiger partial charge in [-0.3, -0.25) is 4.68 Å². The predicted octanol–water partition coefficient (Wildman–Crippen LogP) is 1.29. The second-order valence-electron chi connectivity index (χ2n) is 5.39. The topological polar surface area (TPSA) is 81.2 Å². The second-order valence-corrected chi connectivity index (χ2v) is 6.92. The van der Waals surface area contributed by atoms with E-state index in [0.717, 1.165) is 25.1 Å². The van der Waals surface area contributed by atoms with Crippen LogP contribution < -0.4 is 10.0 Å². The lowest BCUT2D eigenvalue weighted by Gasteiger charge is -2.22. The van der Waals surface area contributed by atoms with Crippen molar-refractivity contribution in [2.24, 2.45) is 5.14 Å². The summed E-state index contributed by atoms with van der Waals surface area (Å²) in [5.41, 5.74) is 1.70. The number of sulfonamides is 1. The van der Waals surface area contributed by atoms with Crippen LogP contribution in [0.1, 0.15) is 18.0 Å². The van der Waals surface area contributed by atoms with Gasteiger partial charge in [-0.05, 0) is 37.1 Å². The van der Waals surface area contributed by atoms with Crippen molar-refractivity contribution in [2.45, 2.75) is 24.3 Å². The molecule has 0 bridgehead atoms. The number of primary sulfonamides is 1. The zero-order valence-electron chi connectivity index (χ0n) is 11.8. The molecular weight excluding hydrogens is 288 g/mol. The predicted molar refractivity (Wildman–Crippen MR) is 80.6 cm³/mol. The molecule has 0 spiro atoms. The number of hydrogen-bond acceptors (Lipinski definition) is 4. The Morgan fingerprint density at radius 2 is 2.19 bits per heavy atom. The Labute approximate surface area is 124 Å². The molecule has 1 saturated heterocycles. The molecule has 1 fully saturated rings. The second kappa shape index (κ2) is 5.16. The van der Waals surface area contributed by atoms with Gasteiger partial charge in [-0.1, -0.05) is 6.07 Å². The monoisotopic (exact) mass is 306 g/mol. The molecule has 1 atom stereocenters. The summed E-state index contributed by atoms with van der Waals surface area (Å²) in [5.74, 6) is 0. The van der Waals surface area contributed by atoms with Crippen molar-refractivity contribution in [3.63, 3.8) is 0 Å². The minimum atomic E-state index is -3.72. The summed E-state index contributed by atoms with van der Waals surface area (Å²) in [6.45, 7) is 3.46. The summed E-state index contributed by atoms with van der Waals surface area (Å²) in [7, 11) is -3.72. The average molecular weight is 306 g/mol. The Bertz CT molecular complexity index is 740. The van der Waals surface area contributed by atoms with E-state index in [4.69, 9.17) is 5.14 Å². The summed E-state index contributed by atoms with van der Waals surface area (Å²) < 4.78 is 25.5. The molecule has 0 aliphatic carbocycles. The van der Waals surface area contributed by atoms with Crippen molar-refractivity contribution in [3.05, 3.63) is 42.2 Å². The third-order valence-electron chi connectivity index (χ3n) is 3.82. The van der Waals surface area contributed by atoms with Crippen molar-refractivity contribution < 1.29 is 8.42 Å². The molecule has 1 unspecified atom stereocenters. The molecular formula is C14H18N4O2S. The van der Waals surface area contributed by atoms with Crippen LogP contribution in [0, 0.1) is 6.92 Å². The van der Waals surface area contributed by atoms with E-state index in [1.54, 1.807) is 18.3 Å². The summed E-state index contributed by atoms with van der Waals surface area (Å²) >= 11 is 0. The van der Waals surface area contributed by atoms with Crippen LogP contribution in [0.3, 0.4) is 0 Å². The first kappa shape index (κ1) is 14.1. The first-order chi connectivity index (χ1) is 9.95. The standard InChI is InChI=1S/C14H18N4O2S/c1-11-3-4-14(21(15,19)20)13(9-11)17-8-5-12(10-17)18-7-2-6-16-18/h2-4,6-7,9,12H,5,8,10H2,1H3,(H2,15,19,20). The zero-order chi connectivity index (χ0) is 15.0. The summed E-state index contributed by atoms with van der Waals surface area (Å²) in [6, 6.07) is 7.39. The molecule has 2 N–H and O–H groups in total. The van der Waals surface area contributed by atoms with Gasteiger partial charge in [0.2, 0.25) is 10.0 Å². The number of aryl methyl sites for hydroxylation is 1. The fourth-order valence-corrected chi connectivity index (χ4v) is 3.53. The summed E-state index contributed by atoms with van der Waals surface area (Å²) in [6.07, 6.45) is 4.62. The normalized spacial score (nSPS) is 19.1. The highest BCUT2D eigenvalue weighted by Gasteiger charge is 2.27. The van der Waals surface area contributed by atoms with Crippen molar-refractivity contribution in [1.29, 1.82) is 0 Å². The van der Waals surface area contributed by atoms with E-state index in [1.165, 1.54) is 0 Å². The van der Waals surface area contributed by atoms with Crippen LogP contribution >= 0.6 is 0 Å². The Morgan fingerprint density at radius 1 is 1.38 bits per heavy atom. The van der Waals surface area contributed by atoms with Crippen LogP contribution in [0.5, 0.6) is 0 Å². The molecule has 2 aromatic rings. The van der Waals surface area contributed by atoms with Crippen LogP contribution in [0.2, 0.25) is 0 Å². The van der Waals surface area contributed by atoms with Gasteiger partial charge in [-0.2, -0.15) is 5.10 Å². The maximum absolute atomic E-state index is 11.8. The molecule has 3 rings (SSSR count). The lowest BCUT2D eigenvalue weighted by molar-refractivity contribution is 0.494. The smallest absolute Gasteiger partial charge is 0.240 e. The molecule has 1 aromatic heterocycles. The van der Waals surface area contributed by atoms with Crippen molar-refractivity contribution >= 4 is 15.7 Å². The van der Waals surface area contributed by atoms with Crippen LogP contribution in [0.25, 0.3) is 0 Å². The van der Waals surface area contributed by atoms with Crippen molar-refractivity contribution in [2.75, 3.05) is 18.0 Å². The Balaban J connectivity index is 1.93. The number of hydrogen-bond donors (Lipinski definition) is 1. The van der Waals surface area contributed by atoms with E-state index in [9.17, 15) is 8.42 Å². The van der Waals surface area contributed by atoms with Crippen LogP contribution in [-0.4, -0.2) is 31.3 Å². The lowest BCUT2D eigenvalue weighted by Crippen LogP contribution is -2.25. The molecule has 6 nitrogen and oxygen atoms in total. The van der Waals surface area contributed by atoms with Gasteiger partial charge in [0.25, 0.3) is 0 Å². The number of rotatable bonds is 3. The van der Waals surface area contributed by atoms with Crippen molar-refractivity contribution in [1.82, 2.24) is 9.78 Å². The first-order valence-electron chi connectivity index (χ1n) is 6.83. The van der Waals surface area contributed by atoms with E-state index in [2.05, 4.69) is 10.00 Å². The first-order valence-corrected chi connectivity index (χ1v) is 8.37. The zero-order valence-corrected chi connectivity index (χ0v) is 12.6. The molecule has 112 valence electrons. The maximum atomic E-state index is 11.8. The Morgan fingerprint density at radius 3 is 2.86 bits per heavy atom. The quantitative estimate of drug-likeness (QED) is 0.926. The molecule has 1 aromatic carbocycles. The van der Waals surface area contributed by atoms with Crippen molar-refractivity contribution in [3.8, 4) is 0 Å². The third-order valence-corrected chi connectivity index (χ3v) is 4.78. The van der Waals surface area contributed by atoms with Gasteiger partial charge in [-0.15, -0.1) is 0 Å². The van der Waals surface area contributed by atoms with Crippen LogP contribution in [-0.2, 0) is 10.0 Å². The molecule has 0 saturated carbocycles. The minimum Gasteiger partial charge on any atom is -0.368 e. The van der Waals surface area contributed by atoms with Gasteiger partial charge < -0.3 is 4.90 Å². The van der Waals surface area contributed by atoms with Crippen LogP contribution in [0.4, 0.5) is 5.69 Å². The number of nitrogens with zero attached hydrogens (tertiary/aromatic N) is 3. The van der Waals surface area contributed by atoms with Gasteiger partial charge in [-0.25, -0.2) is 13.6 Å². The number of nitrogens with two attached hydrogens (primary N) is 1. The maximum Gasteiger partial charge on any atom is 0.240 e. The van der Waals surface area contributed by atoms with Gasteiger partial charge in [0.05, 0.1) is 11.7 Å². The third kappa shape index (κ3) is 2.79. The molecule has 7 heteroatoms. The number of benzene rings is 1. The molecule has 1 aliphatic rings.